The Labute approximate surface area is 168 Å². The maximum atomic E-state index is 13.0. The maximum absolute atomic E-state index is 13.0. The molecule has 0 bridgehead atoms. The molecule has 0 radical (unpaired) electrons. The van der Waals surface area contributed by atoms with Gasteiger partial charge >= 0.3 is 6.18 Å². The highest BCUT2D eigenvalue weighted by molar-refractivity contribution is 7.12. The van der Waals surface area contributed by atoms with Crippen molar-refractivity contribution in [1.29, 1.82) is 0 Å². The summed E-state index contributed by atoms with van der Waals surface area (Å²) in [5.41, 5.74) is -0.401. The van der Waals surface area contributed by atoms with Gasteiger partial charge in [-0.1, -0.05) is 24.3 Å². The van der Waals surface area contributed by atoms with Gasteiger partial charge in [0, 0.05) is 24.8 Å². The molecule has 0 aliphatic heterocycles. The van der Waals surface area contributed by atoms with Gasteiger partial charge in [0.1, 0.15) is 5.82 Å². The van der Waals surface area contributed by atoms with Crippen LogP contribution >= 0.6 is 11.3 Å². The van der Waals surface area contributed by atoms with Gasteiger partial charge in [0.05, 0.1) is 16.0 Å². The summed E-state index contributed by atoms with van der Waals surface area (Å²) in [6, 6.07) is 12.0. The number of carbonyl (C=O) groups excluding carboxylic acids is 2. The second kappa shape index (κ2) is 8.87. The fraction of sp³-hybridized carbons (Fsp3) is 0.150. The zero-order valence-electron chi connectivity index (χ0n) is 15.0. The number of carbonyl (C=O) groups is 2. The van der Waals surface area contributed by atoms with Crippen LogP contribution in [0, 0.1) is 0 Å². The number of benzene rings is 1. The summed E-state index contributed by atoms with van der Waals surface area (Å²) in [4.78, 5) is 29.3. The fourth-order valence-corrected chi connectivity index (χ4v) is 3.32. The highest BCUT2D eigenvalue weighted by atomic mass is 32.1. The number of nitrogens with one attached hydrogen (secondary N) is 2. The van der Waals surface area contributed by atoms with Gasteiger partial charge in [-0.15, -0.1) is 11.3 Å². The zero-order valence-corrected chi connectivity index (χ0v) is 15.8. The molecular formula is C20H16F3N3O2S. The third-order valence-electron chi connectivity index (χ3n) is 3.98. The van der Waals surface area contributed by atoms with Crippen LogP contribution in [0.2, 0.25) is 0 Å². The quantitative estimate of drug-likeness (QED) is 0.444. The van der Waals surface area contributed by atoms with Crippen LogP contribution in [0.25, 0.3) is 0 Å². The molecule has 0 atom stereocenters. The lowest BCUT2D eigenvalue weighted by Crippen LogP contribution is -2.30. The molecule has 9 heteroatoms. The van der Waals surface area contributed by atoms with Crippen molar-refractivity contribution in [2.75, 3.05) is 18.4 Å². The molecule has 0 fully saturated rings. The number of amides is 1. The number of anilines is 1. The van der Waals surface area contributed by atoms with Crippen LogP contribution in [-0.4, -0.2) is 29.8 Å². The molecule has 0 unspecified atom stereocenters. The van der Waals surface area contributed by atoms with E-state index in [1.165, 1.54) is 29.7 Å². The van der Waals surface area contributed by atoms with Crippen LogP contribution in [0.3, 0.4) is 0 Å². The van der Waals surface area contributed by atoms with Crippen molar-refractivity contribution in [1.82, 2.24) is 10.3 Å². The predicted octanol–water partition coefficient (Wildman–Crippen LogP) is 4.23. The van der Waals surface area contributed by atoms with E-state index < -0.39 is 17.6 Å². The van der Waals surface area contributed by atoms with Gasteiger partial charge in [0.15, 0.2) is 0 Å². The number of alkyl halides is 3. The summed E-state index contributed by atoms with van der Waals surface area (Å²) in [5, 5.41) is 6.96. The van der Waals surface area contributed by atoms with Crippen molar-refractivity contribution in [3.05, 3.63) is 81.7 Å². The van der Waals surface area contributed by atoms with E-state index in [1.807, 2.05) is 0 Å². The molecule has 0 aliphatic rings. The Morgan fingerprint density at radius 1 is 0.966 bits per heavy atom. The van der Waals surface area contributed by atoms with E-state index in [9.17, 15) is 22.8 Å². The topological polar surface area (TPSA) is 71.1 Å². The molecule has 2 N–H and O–H groups in total. The minimum Gasteiger partial charge on any atom is -0.368 e. The average Bonchev–Trinajstić information content (AvgIpc) is 3.25. The number of thiophene rings is 1. The van der Waals surface area contributed by atoms with Gasteiger partial charge in [0.25, 0.3) is 5.91 Å². The van der Waals surface area contributed by atoms with E-state index in [4.69, 9.17) is 0 Å². The smallest absolute Gasteiger partial charge is 0.368 e. The summed E-state index contributed by atoms with van der Waals surface area (Å²) in [5.74, 6) is -1.04. The molecule has 1 amide bonds. The van der Waals surface area contributed by atoms with Crippen LogP contribution in [0.5, 0.6) is 0 Å². The summed E-state index contributed by atoms with van der Waals surface area (Å²) in [6.45, 7) is 0.0844. The molecule has 5 nitrogen and oxygen atoms in total. The number of hydrogen-bond donors (Lipinski definition) is 2. The first kappa shape index (κ1) is 20.5. The van der Waals surface area contributed by atoms with Gasteiger partial charge in [-0.25, -0.2) is 4.98 Å². The lowest BCUT2D eigenvalue weighted by atomic mass is 10.0. The summed E-state index contributed by atoms with van der Waals surface area (Å²) in [6.07, 6.45) is -3.27. The predicted molar refractivity (Wildman–Crippen MR) is 104 cm³/mol. The monoisotopic (exact) mass is 419 g/mol. The number of hydrogen-bond acceptors (Lipinski definition) is 5. The Bertz CT molecular complexity index is 1000. The third kappa shape index (κ3) is 5.00. The number of halogens is 3. The van der Waals surface area contributed by atoms with E-state index in [0.717, 1.165) is 6.07 Å². The number of aromatic nitrogens is 1. The molecule has 0 spiro atoms. The highest BCUT2D eigenvalue weighted by Crippen LogP contribution is 2.33. The second-order valence-electron chi connectivity index (χ2n) is 5.93. The molecule has 3 aromatic rings. The Morgan fingerprint density at radius 3 is 2.41 bits per heavy atom. The van der Waals surface area contributed by atoms with Crippen molar-refractivity contribution in [2.24, 2.45) is 0 Å². The van der Waals surface area contributed by atoms with Crippen LogP contribution in [0.4, 0.5) is 19.0 Å². The minimum absolute atomic E-state index is 0.0346. The van der Waals surface area contributed by atoms with Crippen molar-refractivity contribution in [3.63, 3.8) is 0 Å². The molecule has 0 aliphatic carbocycles. The van der Waals surface area contributed by atoms with Crippen LogP contribution in [0.15, 0.2) is 60.1 Å². The number of nitrogens with zero attached hydrogens (tertiary/aromatic N) is 1. The first-order chi connectivity index (χ1) is 13.9. The van der Waals surface area contributed by atoms with Crippen molar-refractivity contribution in [3.8, 4) is 0 Å². The molecule has 3 rings (SSSR count). The molecule has 1 aromatic carbocycles. The summed E-state index contributed by atoms with van der Waals surface area (Å²) >= 11 is 1.28. The Balaban J connectivity index is 1.62. The molecule has 29 heavy (non-hydrogen) atoms. The van der Waals surface area contributed by atoms with E-state index in [0.29, 0.717) is 4.88 Å². The van der Waals surface area contributed by atoms with Crippen LogP contribution in [-0.2, 0) is 6.18 Å². The standard InChI is InChI=1S/C20H16F3N3O2S/c21-20(22,23)15-7-3-9-24-18(15)25-10-11-26-19(28)14-6-2-1-5-13(14)17(27)16-8-4-12-29-16/h1-9,12H,10-11H2,(H,24,25)(H,26,28). The van der Waals surface area contributed by atoms with Gasteiger partial charge in [-0.3, -0.25) is 9.59 Å². The number of ketones is 1. The second-order valence-corrected chi connectivity index (χ2v) is 6.88. The molecule has 0 saturated heterocycles. The van der Waals surface area contributed by atoms with E-state index >= 15 is 0 Å². The lowest BCUT2D eigenvalue weighted by Gasteiger charge is -2.13. The van der Waals surface area contributed by atoms with Crippen molar-refractivity contribution < 1.29 is 22.8 Å². The van der Waals surface area contributed by atoms with Gasteiger partial charge < -0.3 is 10.6 Å². The Hall–Kier alpha value is -3.20. The third-order valence-corrected chi connectivity index (χ3v) is 4.85. The lowest BCUT2D eigenvalue weighted by molar-refractivity contribution is -0.137. The zero-order chi connectivity index (χ0) is 20.9. The van der Waals surface area contributed by atoms with Crippen LogP contribution in [0.1, 0.15) is 31.2 Å². The first-order valence-corrected chi connectivity index (χ1v) is 9.47. The average molecular weight is 419 g/mol. The van der Waals surface area contributed by atoms with Gasteiger partial charge in [0.2, 0.25) is 5.78 Å². The molecular weight excluding hydrogens is 403 g/mol. The molecule has 2 aromatic heterocycles. The SMILES string of the molecule is O=C(NCCNc1ncccc1C(F)(F)F)c1ccccc1C(=O)c1cccs1. The summed E-state index contributed by atoms with van der Waals surface area (Å²) < 4.78 is 38.9. The fourth-order valence-electron chi connectivity index (χ4n) is 2.65. The van der Waals surface area contributed by atoms with Crippen LogP contribution < -0.4 is 10.6 Å². The van der Waals surface area contributed by atoms with E-state index in [-0.39, 0.29) is 35.8 Å². The Kier molecular flexibility index (Phi) is 6.28. The van der Waals surface area contributed by atoms with E-state index in [1.54, 1.807) is 35.7 Å². The first-order valence-electron chi connectivity index (χ1n) is 8.59. The van der Waals surface area contributed by atoms with Gasteiger partial charge in [-0.05, 0) is 29.6 Å². The number of pyridine rings is 1. The molecule has 150 valence electrons. The minimum atomic E-state index is -4.53. The molecule has 2 heterocycles. The van der Waals surface area contributed by atoms with E-state index in [2.05, 4.69) is 15.6 Å². The summed E-state index contributed by atoms with van der Waals surface area (Å²) in [7, 11) is 0. The van der Waals surface area contributed by atoms with Gasteiger partial charge in [-0.2, -0.15) is 13.2 Å². The number of rotatable bonds is 7. The van der Waals surface area contributed by atoms with Crippen molar-refractivity contribution >= 4 is 28.8 Å². The van der Waals surface area contributed by atoms with Crippen molar-refractivity contribution in [2.45, 2.75) is 6.18 Å². The maximum Gasteiger partial charge on any atom is 0.419 e. The molecule has 0 saturated carbocycles. The highest BCUT2D eigenvalue weighted by Gasteiger charge is 2.33. The normalized spacial score (nSPS) is 11.1. The Morgan fingerprint density at radius 2 is 1.72 bits per heavy atom. The largest absolute Gasteiger partial charge is 0.419 e.